The summed E-state index contributed by atoms with van der Waals surface area (Å²) in [5.74, 6) is -0.0304. The monoisotopic (exact) mass is 709 g/mol. The fourth-order valence-electron chi connectivity index (χ4n) is 6.45. The minimum Gasteiger partial charge on any atom is -0.462 e. The van der Waals surface area contributed by atoms with Crippen LogP contribution in [0.5, 0.6) is 0 Å². The molecule has 0 aromatic rings. The molecular weight excluding hydrogens is 624 g/mol. The van der Waals surface area contributed by atoms with E-state index in [1.807, 2.05) is 0 Å². The second-order valence-corrected chi connectivity index (χ2v) is 15.5. The minimum atomic E-state index is -0.757. The van der Waals surface area contributed by atoms with E-state index in [1.54, 1.807) is 0 Å². The van der Waals surface area contributed by atoms with Crippen LogP contribution < -0.4 is 0 Å². The van der Waals surface area contributed by atoms with E-state index in [1.165, 1.54) is 135 Å². The lowest BCUT2D eigenvalue weighted by Gasteiger charge is -2.18. The summed E-state index contributed by atoms with van der Waals surface area (Å²) in [6.07, 6.45) is 36.7. The van der Waals surface area contributed by atoms with E-state index in [9.17, 15) is 14.4 Å². The van der Waals surface area contributed by atoms with Gasteiger partial charge in [-0.25, -0.2) is 0 Å². The van der Waals surface area contributed by atoms with Gasteiger partial charge in [0.05, 0.1) is 0 Å². The van der Waals surface area contributed by atoms with Crippen molar-refractivity contribution < 1.29 is 28.6 Å². The van der Waals surface area contributed by atoms with Crippen LogP contribution in [-0.2, 0) is 28.6 Å². The highest BCUT2D eigenvalue weighted by molar-refractivity contribution is 5.71. The van der Waals surface area contributed by atoms with Crippen molar-refractivity contribution in [3.8, 4) is 0 Å². The Balaban J connectivity index is 4.24. The first-order valence-electron chi connectivity index (χ1n) is 21.9. The van der Waals surface area contributed by atoms with Crippen molar-refractivity contribution in [2.24, 2.45) is 5.92 Å². The van der Waals surface area contributed by atoms with Gasteiger partial charge in [-0.1, -0.05) is 201 Å². The number of ether oxygens (including phenoxy) is 3. The Morgan fingerprint density at radius 3 is 0.980 bits per heavy atom. The topological polar surface area (TPSA) is 78.9 Å². The summed E-state index contributed by atoms with van der Waals surface area (Å²) in [4.78, 5) is 37.5. The van der Waals surface area contributed by atoms with Gasteiger partial charge in [0.25, 0.3) is 0 Å². The van der Waals surface area contributed by atoms with Gasteiger partial charge in [0.15, 0.2) is 6.10 Å². The van der Waals surface area contributed by atoms with Gasteiger partial charge < -0.3 is 14.2 Å². The maximum absolute atomic E-state index is 12.6. The van der Waals surface area contributed by atoms with Gasteiger partial charge in [0.2, 0.25) is 0 Å². The van der Waals surface area contributed by atoms with Crippen molar-refractivity contribution in [2.75, 3.05) is 13.2 Å². The molecule has 0 heterocycles. The summed E-state index contributed by atoms with van der Waals surface area (Å²) in [5.41, 5.74) is 0. The fraction of sp³-hybridized carbons (Fsp3) is 0.932. The molecule has 0 rings (SSSR count). The average molecular weight is 709 g/mol. The Morgan fingerprint density at radius 1 is 0.380 bits per heavy atom. The summed E-state index contributed by atoms with van der Waals surface area (Å²) in [6, 6.07) is 0. The number of esters is 3. The van der Waals surface area contributed by atoms with Gasteiger partial charge in [-0.15, -0.1) is 0 Å². The number of hydrogen-bond acceptors (Lipinski definition) is 6. The summed E-state index contributed by atoms with van der Waals surface area (Å²) < 4.78 is 16.6. The van der Waals surface area contributed by atoms with Crippen LogP contribution in [0.4, 0.5) is 0 Å². The Hall–Kier alpha value is -1.59. The highest BCUT2D eigenvalue weighted by Gasteiger charge is 2.19. The molecule has 0 saturated heterocycles. The lowest BCUT2D eigenvalue weighted by atomic mass is 10.0. The Morgan fingerprint density at radius 2 is 0.660 bits per heavy atom. The number of unbranched alkanes of at least 4 members (excludes halogenated alkanes) is 26. The lowest BCUT2D eigenvalue weighted by molar-refractivity contribution is -0.167. The van der Waals surface area contributed by atoms with E-state index < -0.39 is 6.10 Å². The highest BCUT2D eigenvalue weighted by Crippen LogP contribution is 2.16. The standard InChI is InChI=1S/C44H84O6/c1-5-7-9-11-13-14-20-25-29-33-37-44(47)50-41(38-48-42(45)35-31-27-22-12-10-8-6-2)39-49-43(46)36-32-28-24-21-18-16-15-17-19-23-26-30-34-40(3)4/h40-41H,5-39H2,1-4H3/t41-/m0/s1. The Bertz CT molecular complexity index is 751. The molecule has 0 bridgehead atoms. The van der Waals surface area contributed by atoms with E-state index >= 15 is 0 Å². The molecule has 0 radical (unpaired) electrons. The van der Waals surface area contributed by atoms with Gasteiger partial charge in [-0.3, -0.25) is 14.4 Å². The molecule has 0 aromatic heterocycles. The third-order valence-electron chi connectivity index (χ3n) is 9.79. The molecule has 0 unspecified atom stereocenters. The first kappa shape index (κ1) is 48.4. The predicted molar refractivity (Wildman–Crippen MR) is 210 cm³/mol. The second kappa shape index (κ2) is 38.6. The lowest BCUT2D eigenvalue weighted by Crippen LogP contribution is -2.30. The summed E-state index contributed by atoms with van der Waals surface area (Å²) >= 11 is 0. The van der Waals surface area contributed by atoms with Gasteiger partial charge >= 0.3 is 17.9 Å². The fourth-order valence-corrected chi connectivity index (χ4v) is 6.45. The number of rotatable bonds is 39. The molecule has 0 amide bonds. The normalized spacial score (nSPS) is 11.9. The van der Waals surface area contributed by atoms with Crippen molar-refractivity contribution >= 4 is 17.9 Å². The molecule has 296 valence electrons. The maximum Gasteiger partial charge on any atom is 0.306 e. The molecular formula is C44H84O6. The van der Waals surface area contributed by atoms with Gasteiger partial charge in [0, 0.05) is 19.3 Å². The number of carbonyl (C=O) groups is 3. The van der Waals surface area contributed by atoms with E-state index in [0.29, 0.717) is 19.3 Å². The zero-order valence-corrected chi connectivity index (χ0v) is 33.9. The van der Waals surface area contributed by atoms with Crippen LogP contribution in [0.15, 0.2) is 0 Å². The molecule has 0 fully saturated rings. The Labute approximate surface area is 310 Å². The SMILES string of the molecule is CCCCCCCCCCCCC(=O)O[C@@H](COC(=O)CCCCCCCCC)COC(=O)CCCCCCCCCCCCCCC(C)C. The van der Waals surface area contributed by atoms with E-state index in [-0.39, 0.29) is 31.1 Å². The summed E-state index contributed by atoms with van der Waals surface area (Å²) in [5, 5.41) is 0. The molecule has 50 heavy (non-hydrogen) atoms. The minimum absolute atomic E-state index is 0.0644. The average Bonchev–Trinajstić information content (AvgIpc) is 3.09. The molecule has 0 aliphatic carbocycles. The van der Waals surface area contributed by atoms with Crippen molar-refractivity contribution in [3.63, 3.8) is 0 Å². The molecule has 0 N–H and O–H groups in total. The highest BCUT2D eigenvalue weighted by atomic mass is 16.6. The Kier molecular flexibility index (Phi) is 37.4. The molecule has 1 atom stereocenters. The first-order chi connectivity index (χ1) is 24.4. The van der Waals surface area contributed by atoms with Crippen molar-refractivity contribution in [1.82, 2.24) is 0 Å². The number of hydrogen-bond donors (Lipinski definition) is 0. The first-order valence-corrected chi connectivity index (χ1v) is 21.9. The van der Waals surface area contributed by atoms with Gasteiger partial charge in [-0.2, -0.15) is 0 Å². The largest absolute Gasteiger partial charge is 0.462 e. The van der Waals surface area contributed by atoms with Crippen molar-refractivity contribution in [1.29, 1.82) is 0 Å². The van der Waals surface area contributed by atoms with E-state index in [0.717, 1.165) is 63.7 Å². The molecule has 0 saturated carbocycles. The van der Waals surface area contributed by atoms with Crippen LogP contribution in [0.3, 0.4) is 0 Å². The van der Waals surface area contributed by atoms with Crippen LogP contribution in [0.1, 0.15) is 240 Å². The quantitative estimate of drug-likeness (QED) is 0.0359. The maximum atomic E-state index is 12.6. The third kappa shape index (κ3) is 37.7. The zero-order valence-electron chi connectivity index (χ0n) is 33.9. The molecule has 0 aromatic carbocycles. The second-order valence-electron chi connectivity index (χ2n) is 15.5. The van der Waals surface area contributed by atoms with Crippen molar-refractivity contribution in [2.45, 2.75) is 246 Å². The van der Waals surface area contributed by atoms with Crippen LogP contribution in [0.25, 0.3) is 0 Å². The molecule has 0 spiro atoms. The van der Waals surface area contributed by atoms with Gasteiger partial charge in [0.1, 0.15) is 13.2 Å². The number of carbonyl (C=O) groups excluding carboxylic acids is 3. The van der Waals surface area contributed by atoms with Crippen molar-refractivity contribution in [3.05, 3.63) is 0 Å². The summed E-state index contributed by atoms with van der Waals surface area (Å²) in [6.45, 7) is 8.94. The molecule has 6 nitrogen and oxygen atoms in total. The predicted octanol–water partition coefficient (Wildman–Crippen LogP) is 13.6. The van der Waals surface area contributed by atoms with Crippen LogP contribution >= 0.6 is 0 Å². The van der Waals surface area contributed by atoms with E-state index in [4.69, 9.17) is 14.2 Å². The van der Waals surface area contributed by atoms with Gasteiger partial charge in [-0.05, 0) is 25.2 Å². The molecule has 0 aliphatic rings. The van der Waals surface area contributed by atoms with Crippen LogP contribution in [0.2, 0.25) is 0 Å². The van der Waals surface area contributed by atoms with Crippen LogP contribution in [0, 0.1) is 5.92 Å². The smallest absolute Gasteiger partial charge is 0.306 e. The summed E-state index contributed by atoms with van der Waals surface area (Å²) in [7, 11) is 0. The van der Waals surface area contributed by atoms with Crippen LogP contribution in [-0.4, -0.2) is 37.2 Å². The molecule has 6 heteroatoms. The van der Waals surface area contributed by atoms with E-state index in [2.05, 4.69) is 27.7 Å². The molecule has 0 aliphatic heterocycles. The third-order valence-corrected chi connectivity index (χ3v) is 9.79. The zero-order chi connectivity index (χ0) is 36.8.